The maximum absolute atomic E-state index is 5.75. The maximum atomic E-state index is 5.75. The van der Waals surface area contributed by atoms with Crippen molar-refractivity contribution in [1.82, 2.24) is 0 Å². The largest absolute Gasteiger partial charge is 0.399 e. The van der Waals surface area contributed by atoms with Gasteiger partial charge in [0, 0.05) is 11.4 Å². The summed E-state index contributed by atoms with van der Waals surface area (Å²) in [5.74, 6) is 0. The molecule has 2 nitrogen and oxygen atoms in total. The van der Waals surface area contributed by atoms with Crippen LogP contribution in [0.4, 0.5) is 0 Å². The third-order valence-corrected chi connectivity index (χ3v) is 2.33. The lowest BCUT2D eigenvalue weighted by molar-refractivity contribution is 1.20. The molecule has 0 saturated carbocycles. The van der Waals surface area contributed by atoms with Crippen LogP contribution in [0.1, 0.15) is 27.2 Å². The predicted molar refractivity (Wildman–Crippen MR) is 81.7 cm³/mol. The summed E-state index contributed by atoms with van der Waals surface area (Å²) in [6.07, 6.45) is 14.7. The molecule has 0 atom stereocenters. The Hall–Kier alpha value is -1.96. The van der Waals surface area contributed by atoms with Crippen LogP contribution < -0.4 is 11.5 Å². The van der Waals surface area contributed by atoms with Gasteiger partial charge in [0.15, 0.2) is 0 Å². The normalized spacial score (nSPS) is 14.7. The average molecular weight is 244 g/mol. The summed E-state index contributed by atoms with van der Waals surface area (Å²) >= 11 is 0. The van der Waals surface area contributed by atoms with E-state index in [1.807, 2.05) is 44.2 Å². The zero-order valence-electron chi connectivity index (χ0n) is 11.6. The smallest absolute Gasteiger partial charge is 0.0270 e. The summed E-state index contributed by atoms with van der Waals surface area (Å²) < 4.78 is 0. The Labute approximate surface area is 111 Å². The Balaban J connectivity index is 5.15. The fourth-order valence-electron chi connectivity index (χ4n) is 1.34. The first-order chi connectivity index (χ1) is 8.54. The monoisotopic (exact) mass is 244 g/mol. The number of hydrogen-bond donors (Lipinski definition) is 2. The molecule has 0 aromatic rings. The SMILES string of the molecule is C=C(N)\C=C/C(=C\CC)C(/C=C\C(N)=C/C)=C/C. The van der Waals surface area contributed by atoms with E-state index in [0.29, 0.717) is 5.70 Å². The number of hydrogen-bond acceptors (Lipinski definition) is 2. The van der Waals surface area contributed by atoms with Crippen molar-refractivity contribution in [3.63, 3.8) is 0 Å². The first kappa shape index (κ1) is 16.0. The van der Waals surface area contributed by atoms with Crippen molar-refractivity contribution in [2.45, 2.75) is 27.2 Å². The fourth-order valence-corrected chi connectivity index (χ4v) is 1.34. The molecule has 0 aliphatic carbocycles. The van der Waals surface area contributed by atoms with Gasteiger partial charge in [-0.3, -0.25) is 0 Å². The van der Waals surface area contributed by atoms with Gasteiger partial charge in [0.25, 0.3) is 0 Å². The summed E-state index contributed by atoms with van der Waals surface area (Å²) in [6, 6.07) is 0. The van der Waals surface area contributed by atoms with Gasteiger partial charge in [0.2, 0.25) is 0 Å². The van der Waals surface area contributed by atoms with Gasteiger partial charge in [-0.15, -0.1) is 0 Å². The topological polar surface area (TPSA) is 52.0 Å². The highest BCUT2D eigenvalue weighted by molar-refractivity contribution is 5.48. The second-order valence-corrected chi connectivity index (χ2v) is 3.84. The molecule has 0 aliphatic heterocycles. The van der Waals surface area contributed by atoms with Crippen LogP contribution in [0.5, 0.6) is 0 Å². The first-order valence-corrected chi connectivity index (χ1v) is 6.14. The van der Waals surface area contributed by atoms with Gasteiger partial charge >= 0.3 is 0 Å². The first-order valence-electron chi connectivity index (χ1n) is 6.14. The van der Waals surface area contributed by atoms with Crippen LogP contribution in [0.25, 0.3) is 0 Å². The van der Waals surface area contributed by atoms with Gasteiger partial charge in [-0.05, 0) is 43.6 Å². The van der Waals surface area contributed by atoms with Crippen LogP contribution in [0.15, 0.2) is 71.7 Å². The molecule has 2 heteroatoms. The van der Waals surface area contributed by atoms with Gasteiger partial charge in [0.05, 0.1) is 0 Å². The van der Waals surface area contributed by atoms with Crippen LogP contribution in [-0.2, 0) is 0 Å². The summed E-state index contributed by atoms with van der Waals surface area (Å²) in [5.41, 5.74) is 14.8. The number of nitrogens with two attached hydrogens (primary N) is 2. The second kappa shape index (κ2) is 9.11. The molecule has 0 fully saturated rings. The minimum Gasteiger partial charge on any atom is -0.399 e. The van der Waals surface area contributed by atoms with E-state index in [4.69, 9.17) is 11.5 Å². The Morgan fingerprint density at radius 2 is 1.56 bits per heavy atom. The Morgan fingerprint density at radius 1 is 0.944 bits per heavy atom. The highest BCUT2D eigenvalue weighted by Crippen LogP contribution is 2.15. The van der Waals surface area contributed by atoms with E-state index in [2.05, 4.69) is 19.6 Å². The van der Waals surface area contributed by atoms with Crippen LogP contribution in [0.2, 0.25) is 0 Å². The van der Waals surface area contributed by atoms with Gasteiger partial charge < -0.3 is 11.5 Å². The molecule has 0 radical (unpaired) electrons. The van der Waals surface area contributed by atoms with Crippen molar-refractivity contribution >= 4 is 0 Å². The minimum atomic E-state index is 0.546. The Kier molecular flexibility index (Phi) is 8.12. The van der Waals surface area contributed by atoms with E-state index in [1.165, 1.54) is 0 Å². The molecular formula is C16H24N2. The third kappa shape index (κ3) is 6.59. The van der Waals surface area contributed by atoms with Crippen molar-refractivity contribution in [1.29, 1.82) is 0 Å². The second-order valence-electron chi connectivity index (χ2n) is 3.84. The predicted octanol–water partition coefficient (Wildman–Crippen LogP) is 3.72. The quantitative estimate of drug-likeness (QED) is 0.700. The van der Waals surface area contributed by atoms with Crippen molar-refractivity contribution in [3.05, 3.63) is 71.7 Å². The lowest BCUT2D eigenvalue weighted by Gasteiger charge is -2.04. The molecule has 4 N–H and O–H groups in total. The molecule has 0 heterocycles. The minimum absolute atomic E-state index is 0.546. The van der Waals surface area contributed by atoms with E-state index in [1.54, 1.807) is 6.08 Å². The fraction of sp³-hybridized carbons (Fsp3) is 0.250. The highest BCUT2D eigenvalue weighted by atomic mass is 14.5. The summed E-state index contributed by atoms with van der Waals surface area (Å²) in [5, 5.41) is 0. The highest BCUT2D eigenvalue weighted by Gasteiger charge is 1.96. The molecule has 0 bridgehead atoms. The summed E-state index contributed by atoms with van der Waals surface area (Å²) in [4.78, 5) is 0. The van der Waals surface area contributed by atoms with Crippen LogP contribution in [0, 0.1) is 0 Å². The zero-order valence-corrected chi connectivity index (χ0v) is 11.6. The van der Waals surface area contributed by atoms with Crippen LogP contribution in [0.3, 0.4) is 0 Å². The van der Waals surface area contributed by atoms with Gasteiger partial charge in [-0.2, -0.15) is 0 Å². The molecule has 0 aliphatic rings. The number of allylic oxidation sites excluding steroid dienone is 9. The molecule has 0 amide bonds. The van der Waals surface area contributed by atoms with Crippen molar-refractivity contribution < 1.29 is 0 Å². The van der Waals surface area contributed by atoms with Crippen LogP contribution in [-0.4, -0.2) is 0 Å². The van der Waals surface area contributed by atoms with Gasteiger partial charge in [0.1, 0.15) is 0 Å². The summed E-state index contributed by atoms with van der Waals surface area (Å²) in [7, 11) is 0. The Bertz CT molecular complexity index is 418. The maximum Gasteiger partial charge on any atom is 0.0270 e. The van der Waals surface area contributed by atoms with Crippen LogP contribution >= 0.6 is 0 Å². The Morgan fingerprint density at radius 3 is 2.00 bits per heavy atom. The lowest BCUT2D eigenvalue weighted by atomic mass is 10.0. The lowest BCUT2D eigenvalue weighted by Crippen LogP contribution is -1.93. The van der Waals surface area contributed by atoms with E-state index >= 15 is 0 Å². The molecule has 0 spiro atoms. The molecule has 0 saturated heterocycles. The molecule has 0 unspecified atom stereocenters. The standard InChI is InChI=1S/C16H24N2/c1-5-8-15(10-9-13(4)17)14(6-2)11-12-16(18)7-3/h6-12H,4-5,17-18H2,1-3H3/b10-9-,12-11-,14-6+,15-8+,16-7+. The van der Waals surface area contributed by atoms with Crippen molar-refractivity contribution in [2.24, 2.45) is 11.5 Å². The van der Waals surface area contributed by atoms with E-state index in [-0.39, 0.29) is 0 Å². The molecule has 0 aromatic carbocycles. The molecule has 98 valence electrons. The zero-order chi connectivity index (χ0) is 14.0. The van der Waals surface area contributed by atoms with E-state index < -0.39 is 0 Å². The molecule has 18 heavy (non-hydrogen) atoms. The molecule has 0 aromatic heterocycles. The van der Waals surface area contributed by atoms with Crippen molar-refractivity contribution in [3.8, 4) is 0 Å². The van der Waals surface area contributed by atoms with Crippen molar-refractivity contribution in [2.75, 3.05) is 0 Å². The van der Waals surface area contributed by atoms with E-state index in [9.17, 15) is 0 Å². The molecular weight excluding hydrogens is 220 g/mol. The molecule has 0 rings (SSSR count). The van der Waals surface area contributed by atoms with E-state index in [0.717, 1.165) is 23.3 Å². The average Bonchev–Trinajstić information content (AvgIpc) is 2.35. The third-order valence-electron chi connectivity index (χ3n) is 2.33. The van der Waals surface area contributed by atoms with Gasteiger partial charge in [-0.1, -0.05) is 43.9 Å². The summed E-state index contributed by atoms with van der Waals surface area (Å²) in [6.45, 7) is 9.67. The van der Waals surface area contributed by atoms with Gasteiger partial charge in [-0.25, -0.2) is 0 Å². The number of rotatable bonds is 6.